The fourth-order valence-corrected chi connectivity index (χ4v) is 28.2. The van der Waals surface area contributed by atoms with Gasteiger partial charge < -0.3 is 0 Å². The molecule has 2 rings (SSSR count). The van der Waals surface area contributed by atoms with Gasteiger partial charge in [-0.1, -0.05) is 237 Å². The lowest BCUT2D eigenvalue weighted by Gasteiger charge is -2.40. The highest BCUT2D eigenvalue weighted by molar-refractivity contribution is 7.45. The van der Waals surface area contributed by atoms with Crippen LogP contribution in [0.15, 0.2) is 48.5 Å². The van der Waals surface area contributed by atoms with Gasteiger partial charge in [0.2, 0.25) is 0 Å². The van der Waals surface area contributed by atoms with E-state index in [0.29, 0.717) is 0 Å². The molecule has 0 N–H and O–H groups in total. The second kappa shape index (κ2) is 16.9. The summed E-state index contributed by atoms with van der Waals surface area (Å²) in [5, 5.41) is 6.43. The van der Waals surface area contributed by atoms with E-state index in [2.05, 4.69) is 193 Å². The Balaban J connectivity index is 0.000000722. The maximum absolute atomic E-state index is 2.66. The van der Waals surface area contributed by atoms with Gasteiger partial charge in [-0.3, -0.25) is 0 Å². The van der Waals surface area contributed by atoms with Gasteiger partial charge in [-0.25, -0.2) is 0 Å². The van der Waals surface area contributed by atoms with Crippen molar-refractivity contribution in [3.8, 4) is 0 Å². The minimum Gasteiger partial charge on any atom is -0.0710 e. The normalized spacial score (nSPS) is 13.8. The SMILES string of the molecule is C[Si](C)(C)CC[Si](C)(C)C.C[Si](C)(C)CC[Si](C)(C)[Si](C)(C)c1ccc([Si](C)(C)C)cc1.C[Si](C)(C)c1ccc([Si](C)(C)C)cc1. The van der Waals surface area contributed by atoms with E-state index in [1.807, 2.05) is 0 Å². The van der Waals surface area contributed by atoms with Crippen LogP contribution in [0.2, 0.25) is 168 Å². The van der Waals surface area contributed by atoms with Crippen molar-refractivity contribution < 1.29 is 0 Å². The van der Waals surface area contributed by atoms with Crippen molar-refractivity contribution in [2.75, 3.05) is 0 Å². The van der Waals surface area contributed by atoms with E-state index in [9.17, 15) is 0 Å². The Morgan fingerprint density at radius 3 is 0.674 bits per heavy atom. The Bertz CT molecular complexity index is 1110. The van der Waals surface area contributed by atoms with Crippen molar-refractivity contribution in [2.24, 2.45) is 0 Å². The van der Waals surface area contributed by atoms with Crippen molar-refractivity contribution in [3.63, 3.8) is 0 Å². The average Bonchev–Trinajstić information content (AvgIpc) is 2.84. The molecule has 0 nitrogen and oxygen atoms in total. The average molecular weight is 764 g/mol. The van der Waals surface area contributed by atoms with E-state index in [4.69, 9.17) is 0 Å². The van der Waals surface area contributed by atoms with Crippen molar-refractivity contribution >= 4 is 84.4 Å². The van der Waals surface area contributed by atoms with E-state index < -0.39 is 63.6 Å². The van der Waals surface area contributed by atoms with Crippen molar-refractivity contribution in [2.45, 2.75) is 168 Å². The highest BCUT2D eigenvalue weighted by Gasteiger charge is 2.42. The molecular weight excluding hydrogens is 681 g/mol. The fraction of sp³-hybridized carbons (Fsp3) is 0.684. The molecule has 0 spiro atoms. The minimum atomic E-state index is -1.31. The zero-order valence-electron chi connectivity index (χ0n) is 35.4. The van der Waals surface area contributed by atoms with E-state index in [1.165, 1.54) is 24.2 Å². The number of benzene rings is 2. The molecule has 0 radical (unpaired) electrons. The van der Waals surface area contributed by atoms with Gasteiger partial charge in [0.15, 0.2) is 0 Å². The highest BCUT2D eigenvalue weighted by Crippen LogP contribution is 2.28. The molecule has 0 aliphatic heterocycles. The quantitative estimate of drug-likeness (QED) is 0.200. The molecule has 2 aromatic carbocycles. The lowest BCUT2D eigenvalue weighted by atomic mass is 10.4. The van der Waals surface area contributed by atoms with Gasteiger partial charge in [0, 0.05) is 31.8 Å². The molecule has 0 atom stereocenters. The topological polar surface area (TPSA) is 0 Å². The van der Waals surface area contributed by atoms with Gasteiger partial charge in [0.05, 0.1) is 31.8 Å². The Labute approximate surface area is 299 Å². The van der Waals surface area contributed by atoms with Crippen LogP contribution < -0.4 is 20.7 Å². The molecule has 8 heteroatoms. The lowest BCUT2D eigenvalue weighted by Crippen LogP contribution is -2.63. The zero-order valence-corrected chi connectivity index (χ0v) is 43.4. The third kappa shape index (κ3) is 18.2. The van der Waals surface area contributed by atoms with Crippen LogP contribution in [0.25, 0.3) is 0 Å². The third-order valence-electron chi connectivity index (χ3n) is 9.91. The second-order valence-electron chi connectivity index (χ2n) is 22.1. The first-order chi connectivity index (χ1) is 20.1. The van der Waals surface area contributed by atoms with Crippen LogP contribution in [-0.4, -0.2) is 63.6 Å². The molecule has 0 aliphatic rings. The highest BCUT2D eigenvalue weighted by atomic mass is 29.3. The van der Waals surface area contributed by atoms with Gasteiger partial charge in [0.1, 0.15) is 0 Å². The predicted molar refractivity (Wildman–Crippen MR) is 246 cm³/mol. The van der Waals surface area contributed by atoms with Crippen LogP contribution in [0.3, 0.4) is 0 Å². The Hall–Kier alpha value is 0.175. The molecule has 0 unspecified atom stereocenters. The predicted octanol–water partition coefficient (Wildman–Crippen LogP) is 11.7. The molecule has 0 saturated heterocycles. The van der Waals surface area contributed by atoms with Crippen LogP contribution >= 0.6 is 0 Å². The molecule has 0 aliphatic carbocycles. The van der Waals surface area contributed by atoms with E-state index >= 15 is 0 Å². The van der Waals surface area contributed by atoms with Crippen LogP contribution in [0.1, 0.15) is 0 Å². The third-order valence-corrected chi connectivity index (χ3v) is 40.8. The van der Waals surface area contributed by atoms with Gasteiger partial charge in [-0.05, 0) is 0 Å². The molecule has 0 saturated carbocycles. The first-order valence-electron chi connectivity index (χ1n) is 18.3. The number of hydrogen-bond donors (Lipinski definition) is 0. The Kier molecular flexibility index (Phi) is 17.0. The molecule has 266 valence electrons. The standard InChI is InChI=1S/C18H38Si4.C12H22Si2.C8H22Si2/c1-19(2,3)15-16-21(7,8)22(9,10)18-13-11-17(12-14-18)20(4,5)6;1-13(2,3)11-7-9-12(10-8-11)14(4,5)6;1-9(2,3)7-8-10(4,5)6/h11-14H,15-16H2,1-10H3;7-10H,1-6H3;7-8H2,1-6H3. The molecule has 0 amide bonds. The molecular formula is C38H82Si8. The number of rotatable bonds is 11. The molecule has 0 bridgehead atoms. The molecule has 46 heavy (non-hydrogen) atoms. The Morgan fingerprint density at radius 2 is 0.478 bits per heavy atom. The first-order valence-corrected chi connectivity index (χ1v) is 47.1. The van der Waals surface area contributed by atoms with E-state index in [-0.39, 0.29) is 0 Å². The van der Waals surface area contributed by atoms with Crippen molar-refractivity contribution in [1.29, 1.82) is 0 Å². The maximum atomic E-state index is 2.66. The summed E-state index contributed by atoms with van der Waals surface area (Å²) >= 11 is 0. The summed E-state index contributed by atoms with van der Waals surface area (Å²) in [7, 11) is -8.22. The second-order valence-corrected chi connectivity index (χ2v) is 70.1. The summed E-state index contributed by atoms with van der Waals surface area (Å²) in [4.78, 5) is 0. The van der Waals surface area contributed by atoms with Crippen LogP contribution in [0.5, 0.6) is 0 Å². The first kappa shape index (κ1) is 46.2. The summed E-state index contributed by atoms with van der Waals surface area (Å²) in [5.74, 6) is 0. The van der Waals surface area contributed by atoms with Crippen LogP contribution in [0.4, 0.5) is 0 Å². The molecule has 0 fully saturated rings. The Morgan fingerprint density at radius 1 is 0.283 bits per heavy atom. The van der Waals surface area contributed by atoms with E-state index in [1.54, 1.807) is 20.7 Å². The summed E-state index contributed by atoms with van der Waals surface area (Å²) < 4.78 is 0. The largest absolute Gasteiger partial charge is 0.0775 e. The zero-order chi connectivity index (χ0) is 36.8. The van der Waals surface area contributed by atoms with Gasteiger partial charge in [-0.2, -0.15) is 0 Å². The van der Waals surface area contributed by atoms with Crippen molar-refractivity contribution in [1.82, 2.24) is 0 Å². The maximum Gasteiger partial charge on any atom is 0.0775 e. The lowest BCUT2D eigenvalue weighted by molar-refractivity contribution is 1.27. The van der Waals surface area contributed by atoms with Gasteiger partial charge in [-0.15, -0.1) is 0 Å². The van der Waals surface area contributed by atoms with Crippen LogP contribution in [0, 0.1) is 0 Å². The number of hydrogen-bond acceptors (Lipinski definition) is 0. The van der Waals surface area contributed by atoms with Gasteiger partial charge in [0.25, 0.3) is 0 Å². The molecule has 2 aromatic rings. The summed E-state index contributed by atoms with van der Waals surface area (Å²) in [6, 6.07) is 25.3. The van der Waals surface area contributed by atoms with E-state index in [0.717, 1.165) is 0 Å². The summed E-state index contributed by atoms with van der Waals surface area (Å²) in [6.07, 6.45) is 0. The fourth-order valence-electron chi connectivity index (χ4n) is 5.00. The minimum absolute atomic E-state index is 0.732. The summed E-state index contributed by atoms with van der Waals surface area (Å²) in [6.45, 7) is 54.7. The monoisotopic (exact) mass is 762 g/mol. The van der Waals surface area contributed by atoms with Crippen molar-refractivity contribution in [3.05, 3.63) is 48.5 Å². The summed E-state index contributed by atoms with van der Waals surface area (Å²) in [5.41, 5.74) is 0. The smallest absolute Gasteiger partial charge is 0.0710 e. The van der Waals surface area contributed by atoms with Gasteiger partial charge >= 0.3 is 0 Å². The molecule has 0 heterocycles. The molecule has 0 aromatic heterocycles. The van der Waals surface area contributed by atoms with Crippen LogP contribution in [-0.2, 0) is 0 Å².